The van der Waals surface area contributed by atoms with Crippen molar-refractivity contribution in [3.63, 3.8) is 0 Å². The Balaban J connectivity index is 2.57. The third-order valence-corrected chi connectivity index (χ3v) is 3.73. The van der Waals surface area contributed by atoms with Gasteiger partial charge in [-0.25, -0.2) is 4.79 Å². The molecule has 0 saturated heterocycles. The Morgan fingerprint density at radius 1 is 1.38 bits per heavy atom. The number of anilines is 1. The summed E-state index contributed by atoms with van der Waals surface area (Å²) in [5, 5.41) is 11.8. The Bertz CT molecular complexity index is 506. The van der Waals surface area contributed by atoms with E-state index in [2.05, 4.69) is 12.2 Å². The van der Waals surface area contributed by atoms with Gasteiger partial charge in [-0.2, -0.15) is 0 Å². The van der Waals surface area contributed by atoms with E-state index in [0.717, 1.165) is 19.3 Å². The molecule has 1 atom stereocenters. The summed E-state index contributed by atoms with van der Waals surface area (Å²) < 4.78 is 0. The molecule has 5 nitrogen and oxygen atoms in total. The highest BCUT2D eigenvalue weighted by Crippen LogP contribution is 2.24. The average Bonchev–Trinajstić information content (AvgIpc) is 2.45. The molecule has 0 aromatic heterocycles. The zero-order valence-electron chi connectivity index (χ0n) is 12.1. The second kappa shape index (κ2) is 8.64. The molecule has 0 spiro atoms. The number of nitrogens with one attached hydrogen (secondary N) is 1. The number of aromatic carboxylic acids is 1. The maximum absolute atomic E-state index is 11.9. The van der Waals surface area contributed by atoms with Gasteiger partial charge in [-0.15, -0.1) is 0 Å². The van der Waals surface area contributed by atoms with Crippen LogP contribution in [-0.4, -0.2) is 23.5 Å². The van der Waals surface area contributed by atoms with E-state index >= 15 is 0 Å². The summed E-state index contributed by atoms with van der Waals surface area (Å²) in [4.78, 5) is 22.7. The van der Waals surface area contributed by atoms with Crippen LogP contribution in [0.25, 0.3) is 0 Å². The third-order valence-electron chi connectivity index (χ3n) is 3.42. The maximum atomic E-state index is 11.9. The molecule has 0 heterocycles. The Labute approximate surface area is 129 Å². The fraction of sp³-hybridized carbons (Fsp3) is 0.467. The van der Waals surface area contributed by atoms with Crippen LogP contribution < -0.4 is 11.1 Å². The lowest BCUT2D eigenvalue weighted by Crippen LogP contribution is -2.15. The molecular weight excluding hydrogens is 292 g/mol. The Kier molecular flexibility index (Phi) is 7.19. The van der Waals surface area contributed by atoms with Gasteiger partial charge in [0.25, 0.3) is 0 Å². The van der Waals surface area contributed by atoms with Crippen LogP contribution in [0.5, 0.6) is 0 Å². The van der Waals surface area contributed by atoms with E-state index in [1.165, 1.54) is 18.2 Å². The van der Waals surface area contributed by atoms with Crippen molar-refractivity contribution < 1.29 is 14.7 Å². The maximum Gasteiger partial charge on any atom is 0.335 e. The summed E-state index contributed by atoms with van der Waals surface area (Å²) in [6, 6.07) is 4.23. The van der Waals surface area contributed by atoms with E-state index in [9.17, 15) is 9.59 Å². The average molecular weight is 313 g/mol. The molecule has 0 radical (unpaired) electrons. The van der Waals surface area contributed by atoms with Crippen LogP contribution in [0, 0.1) is 5.92 Å². The first-order valence-corrected chi connectivity index (χ1v) is 7.38. The molecule has 1 amide bonds. The van der Waals surface area contributed by atoms with Gasteiger partial charge in [0, 0.05) is 6.42 Å². The molecule has 1 aromatic rings. The molecule has 0 aliphatic carbocycles. The quantitative estimate of drug-likeness (QED) is 0.687. The molecular formula is C15H21ClN2O3. The number of amides is 1. The normalized spacial score (nSPS) is 12.0. The minimum absolute atomic E-state index is 0.0898. The van der Waals surface area contributed by atoms with E-state index < -0.39 is 5.97 Å². The van der Waals surface area contributed by atoms with Crippen molar-refractivity contribution in [1.82, 2.24) is 0 Å². The molecule has 1 unspecified atom stereocenters. The monoisotopic (exact) mass is 312 g/mol. The third kappa shape index (κ3) is 5.73. The molecule has 116 valence electrons. The number of hydrogen-bond acceptors (Lipinski definition) is 3. The number of carboxylic acid groups (broad SMARTS) is 1. The van der Waals surface area contributed by atoms with Crippen LogP contribution in [0.15, 0.2) is 18.2 Å². The van der Waals surface area contributed by atoms with Gasteiger partial charge in [-0.1, -0.05) is 24.9 Å². The summed E-state index contributed by atoms with van der Waals surface area (Å²) in [6.45, 7) is 2.71. The Morgan fingerprint density at radius 2 is 2.10 bits per heavy atom. The van der Waals surface area contributed by atoms with Crippen molar-refractivity contribution in [2.24, 2.45) is 11.7 Å². The number of hydrogen-bond donors (Lipinski definition) is 3. The van der Waals surface area contributed by atoms with Gasteiger partial charge >= 0.3 is 5.97 Å². The van der Waals surface area contributed by atoms with Gasteiger partial charge in [-0.05, 0) is 43.5 Å². The molecule has 4 N–H and O–H groups in total. The van der Waals surface area contributed by atoms with Gasteiger partial charge in [0.05, 0.1) is 16.3 Å². The second-order valence-corrected chi connectivity index (χ2v) is 5.35. The summed E-state index contributed by atoms with van der Waals surface area (Å²) in [5.41, 5.74) is 6.05. The summed E-state index contributed by atoms with van der Waals surface area (Å²) in [5.74, 6) is -0.733. The number of rotatable bonds is 8. The van der Waals surface area contributed by atoms with Crippen molar-refractivity contribution in [3.05, 3.63) is 28.8 Å². The molecule has 0 bridgehead atoms. The van der Waals surface area contributed by atoms with Crippen LogP contribution in [0.1, 0.15) is 43.0 Å². The number of benzene rings is 1. The van der Waals surface area contributed by atoms with E-state index in [-0.39, 0.29) is 16.5 Å². The van der Waals surface area contributed by atoms with Crippen molar-refractivity contribution >= 4 is 29.2 Å². The standard InChI is InChI=1S/C15H21ClN2O3/c1-2-10(7-8-17)3-6-14(19)18-13-5-4-11(15(20)21)9-12(13)16/h4-5,9-10H,2-3,6-8,17H2,1H3,(H,18,19)(H,20,21). The van der Waals surface area contributed by atoms with Crippen molar-refractivity contribution in [3.8, 4) is 0 Å². The van der Waals surface area contributed by atoms with E-state index in [1.807, 2.05) is 0 Å². The first-order valence-electron chi connectivity index (χ1n) is 7.00. The highest BCUT2D eigenvalue weighted by atomic mass is 35.5. The zero-order chi connectivity index (χ0) is 15.8. The van der Waals surface area contributed by atoms with Gasteiger partial charge in [0.2, 0.25) is 5.91 Å². The SMILES string of the molecule is CCC(CCN)CCC(=O)Nc1ccc(C(=O)O)cc1Cl. The van der Waals surface area contributed by atoms with Crippen molar-refractivity contribution in [1.29, 1.82) is 0 Å². The fourth-order valence-electron chi connectivity index (χ4n) is 2.09. The zero-order valence-corrected chi connectivity index (χ0v) is 12.8. The minimum Gasteiger partial charge on any atom is -0.478 e. The topological polar surface area (TPSA) is 92.4 Å². The first kappa shape index (κ1) is 17.5. The lowest BCUT2D eigenvalue weighted by molar-refractivity contribution is -0.116. The predicted molar refractivity (Wildman–Crippen MR) is 83.7 cm³/mol. The Hall–Kier alpha value is -1.59. The number of carbonyl (C=O) groups is 2. The van der Waals surface area contributed by atoms with Crippen molar-refractivity contribution in [2.75, 3.05) is 11.9 Å². The smallest absolute Gasteiger partial charge is 0.335 e. The molecule has 0 aliphatic rings. The van der Waals surface area contributed by atoms with Gasteiger partial charge in [-0.3, -0.25) is 4.79 Å². The van der Waals surface area contributed by atoms with Crippen LogP contribution in [0.4, 0.5) is 5.69 Å². The van der Waals surface area contributed by atoms with Crippen molar-refractivity contribution in [2.45, 2.75) is 32.6 Å². The molecule has 0 saturated carbocycles. The van der Waals surface area contributed by atoms with Gasteiger partial charge < -0.3 is 16.2 Å². The molecule has 0 aliphatic heterocycles. The molecule has 1 rings (SSSR count). The van der Waals surface area contributed by atoms with Gasteiger partial charge in [0.15, 0.2) is 0 Å². The number of nitrogens with two attached hydrogens (primary N) is 1. The molecule has 1 aromatic carbocycles. The summed E-state index contributed by atoms with van der Waals surface area (Å²) in [6.07, 6.45) is 3.09. The molecule has 0 fully saturated rings. The summed E-state index contributed by atoms with van der Waals surface area (Å²) in [7, 11) is 0. The second-order valence-electron chi connectivity index (χ2n) is 4.94. The van der Waals surface area contributed by atoms with Crippen LogP contribution in [0.3, 0.4) is 0 Å². The van der Waals surface area contributed by atoms with Crippen LogP contribution in [0.2, 0.25) is 5.02 Å². The van der Waals surface area contributed by atoms with E-state index in [1.54, 1.807) is 0 Å². The van der Waals surface area contributed by atoms with E-state index in [4.69, 9.17) is 22.4 Å². The molecule has 6 heteroatoms. The van der Waals surface area contributed by atoms with Crippen LogP contribution >= 0.6 is 11.6 Å². The lowest BCUT2D eigenvalue weighted by atomic mass is 9.96. The highest BCUT2D eigenvalue weighted by Gasteiger charge is 2.12. The number of carboxylic acids is 1. The fourth-order valence-corrected chi connectivity index (χ4v) is 2.31. The predicted octanol–water partition coefficient (Wildman–Crippen LogP) is 3.13. The minimum atomic E-state index is -1.05. The number of carbonyl (C=O) groups excluding carboxylic acids is 1. The molecule has 21 heavy (non-hydrogen) atoms. The van der Waals surface area contributed by atoms with E-state index in [0.29, 0.717) is 24.6 Å². The highest BCUT2D eigenvalue weighted by molar-refractivity contribution is 6.34. The lowest BCUT2D eigenvalue weighted by Gasteiger charge is -2.13. The largest absolute Gasteiger partial charge is 0.478 e. The summed E-state index contributed by atoms with van der Waals surface area (Å²) >= 11 is 5.96. The van der Waals surface area contributed by atoms with Crippen LogP contribution in [-0.2, 0) is 4.79 Å². The number of halogens is 1. The first-order chi connectivity index (χ1) is 9.97. The van der Waals surface area contributed by atoms with Gasteiger partial charge in [0.1, 0.15) is 0 Å². The Morgan fingerprint density at radius 3 is 2.62 bits per heavy atom.